The molecule has 0 amide bonds. The Labute approximate surface area is 93.7 Å². The zero-order chi connectivity index (χ0) is 10.9. The molecule has 0 radical (unpaired) electrons. The SMILES string of the molecule is CC(C)N1CCC(O)(C2CCCC2)CC1. The smallest absolute Gasteiger partial charge is 0.0700 e. The molecule has 2 rings (SSSR count). The van der Waals surface area contributed by atoms with Crippen LogP contribution in [0.5, 0.6) is 0 Å². The molecule has 15 heavy (non-hydrogen) atoms. The fourth-order valence-corrected chi connectivity index (χ4v) is 3.30. The molecule has 2 aliphatic rings. The highest BCUT2D eigenvalue weighted by atomic mass is 16.3. The molecule has 0 aromatic rings. The Morgan fingerprint density at radius 3 is 2.13 bits per heavy atom. The molecule has 0 atom stereocenters. The van der Waals surface area contributed by atoms with Crippen molar-refractivity contribution < 1.29 is 5.11 Å². The summed E-state index contributed by atoms with van der Waals surface area (Å²) in [4.78, 5) is 2.49. The predicted molar refractivity (Wildman–Crippen MR) is 62.9 cm³/mol. The molecule has 1 saturated carbocycles. The normalized spacial score (nSPS) is 28.8. The Morgan fingerprint density at radius 2 is 1.67 bits per heavy atom. The molecule has 1 saturated heterocycles. The summed E-state index contributed by atoms with van der Waals surface area (Å²) in [5.41, 5.74) is -0.318. The summed E-state index contributed by atoms with van der Waals surface area (Å²) in [7, 11) is 0. The molecule has 0 unspecified atom stereocenters. The van der Waals surface area contributed by atoms with E-state index in [9.17, 15) is 5.11 Å². The van der Waals surface area contributed by atoms with E-state index >= 15 is 0 Å². The van der Waals surface area contributed by atoms with E-state index in [0.29, 0.717) is 12.0 Å². The lowest BCUT2D eigenvalue weighted by Gasteiger charge is -2.43. The van der Waals surface area contributed by atoms with Crippen molar-refractivity contribution in [3.05, 3.63) is 0 Å². The third-order valence-corrected chi connectivity index (χ3v) is 4.51. The van der Waals surface area contributed by atoms with Crippen LogP contribution in [0.1, 0.15) is 52.4 Å². The second kappa shape index (κ2) is 4.42. The van der Waals surface area contributed by atoms with Crippen LogP contribution in [0, 0.1) is 5.92 Å². The Balaban J connectivity index is 1.90. The van der Waals surface area contributed by atoms with Gasteiger partial charge in [0.25, 0.3) is 0 Å². The molecular weight excluding hydrogens is 186 g/mol. The van der Waals surface area contributed by atoms with E-state index < -0.39 is 0 Å². The molecule has 0 aromatic carbocycles. The summed E-state index contributed by atoms with van der Waals surface area (Å²) in [5.74, 6) is 0.604. The maximum absolute atomic E-state index is 10.6. The zero-order valence-corrected chi connectivity index (χ0v) is 10.2. The van der Waals surface area contributed by atoms with Crippen molar-refractivity contribution in [2.24, 2.45) is 5.92 Å². The van der Waals surface area contributed by atoms with Crippen LogP contribution >= 0.6 is 0 Å². The van der Waals surface area contributed by atoms with Crippen molar-refractivity contribution in [2.75, 3.05) is 13.1 Å². The topological polar surface area (TPSA) is 23.5 Å². The average molecular weight is 211 g/mol. The molecule has 2 heteroatoms. The van der Waals surface area contributed by atoms with Crippen molar-refractivity contribution in [3.8, 4) is 0 Å². The van der Waals surface area contributed by atoms with Gasteiger partial charge in [-0.05, 0) is 45.4 Å². The van der Waals surface area contributed by atoms with E-state index in [1.165, 1.54) is 25.7 Å². The van der Waals surface area contributed by atoms with Gasteiger partial charge in [-0.1, -0.05) is 12.8 Å². The van der Waals surface area contributed by atoms with E-state index in [-0.39, 0.29) is 5.60 Å². The maximum Gasteiger partial charge on any atom is 0.0700 e. The lowest BCUT2D eigenvalue weighted by Crippen LogP contribution is -2.50. The summed E-state index contributed by atoms with van der Waals surface area (Å²) in [5, 5.41) is 10.6. The summed E-state index contributed by atoms with van der Waals surface area (Å²) in [6.45, 7) is 6.68. The van der Waals surface area contributed by atoms with Gasteiger partial charge in [0.05, 0.1) is 5.60 Å². The van der Waals surface area contributed by atoms with Crippen LogP contribution in [0.3, 0.4) is 0 Å². The molecule has 1 heterocycles. The van der Waals surface area contributed by atoms with Crippen LogP contribution in [0.2, 0.25) is 0 Å². The van der Waals surface area contributed by atoms with E-state index in [1.807, 2.05) is 0 Å². The summed E-state index contributed by atoms with van der Waals surface area (Å²) in [6, 6.07) is 0.637. The predicted octanol–water partition coefficient (Wildman–Crippen LogP) is 2.41. The van der Waals surface area contributed by atoms with Crippen molar-refractivity contribution in [1.82, 2.24) is 4.90 Å². The number of piperidine rings is 1. The van der Waals surface area contributed by atoms with Gasteiger partial charge in [-0.25, -0.2) is 0 Å². The zero-order valence-electron chi connectivity index (χ0n) is 10.2. The van der Waals surface area contributed by atoms with Gasteiger partial charge < -0.3 is 10.0 Å². The fraction of sp³-hybridized carbons (Fsp3) is 1.00. The molecule has 1 N–H and O–H groups in total. The Kier molecular flexibility index (Phi) is 3.36. The van der Waals surface area contributed by atoms with Crippen LogP contribution in [0.25, 0.3) is 0 Å². The minimum Gasteiger partial charge on any atom is -0.390 e. The van der Waals surface area contributed by atoms with Gasteiger partial charge in [0.1, 0.15) is 0 Å². The van der Waals surface area contributed by atoms with Crippen LogP contribution < -0.4 is 0 Å². The number of aliphatic hydroxyl groups is 1. The molecule has 1 aliphatic heterocycles. The molecule has 0 spiro atoms. The summed E-state index contributed by atoms with van der Waals surface area (Å²) >= 11 is 0. The molecule has 0 bridgehead atoms. The second-order valence-electron chi connectivity index (χ2n) is 5.71. The first-order valence-corrected chi connectivity index (χ1v) is 6.58. The highest BCUT2D eigenvalue weighted by Gasteiger charge is 2.40. The van der Waals surface area contributed by atoms with Crippen molar-refractivity contribution in [3.63, 3.8) is 0 Å². The number of rotatable bonds is 2. The number of likely N-dealkylation sites (tertiary alicyclic amines) is 1. The lowest BCUT2D eigenvalue weighted by molar-refractivity contribution is -0.0697. The Morgan fingerprint density at radius 1 is 1.13 bits per heavy atom. The molecule has 2 nitrogen and oxygen atoms in total. The fourth-order valence-electron chi connectivity index (χ4n) is 3.30. The Bertz CT molecular complexity index is 201. The molecule has 1 aliphatic carbocycles. The van der Waals surface area contributed by atoms with Gasteiger partial charge in [0, 0.05) is 19.1 Å². The van der Waals surface area contributed by atoms with E-state index in [1.54, 1.807) is 0 Å². The molecule has 0 aromatic heterocycles. The van der Waals surface area contributed by atoms with Gasteiger partial charge in [-0.2, -0.15) is 0 Å². The monoisotopic (exact) mass is 211 g/mol. The van der Waals surface area contributed by atoms with Crippen molar-refractivity contribution in [1.29, 1.82) is 0 Å². The standard InChI is InChI=1S/C13H25NO/c1-11(2)14-9-7-13(15,8-10-14)12-5-3-4-6-12/h11-12,15H,3-10H2,1-2H3. The molecular formula is C13H25NO. The quantitative estimate of drug-likeness (QED) is 0.758. The van der Waals surface area contributed by atoms with Gasteiger partial charge in [-0.3, -0.25) is 0 Å². The highest BCUT2D eigenvalue weighted by molar-refractivity contribution is 4.93. The van der Waals surface area contributed by atoms with Crippen molar-refractivity contribution in [2.45, 2.75) is 64.0 Å². The van der Waals surface area contributed by atoms with Gasteiger partial charge in [0.2, 0.25) is 0 Å². The molecule has 2 fully saturated rings. The average Bonchev–Trinajstić information content (AvgIpc) is 2.71. The lowest BCUT2D eigenvalue weighted by atomic mass is 9.78. The summed E-state index contributed by atoms with van der Waals surface area (Å²) < 4.78 is 0. The van der Waals surface area contributed by atoms with Crippen LogP contribution in [-0.4, -0.2) is 34.7 Å². The highest BCUT2D eigenvalue weighted by Crippen LogP contribution is 2.40. The maximum atomic E-state index is 10.6. The summed E-state index contributed by atoms with van der Waals surface area (Å²) in [6.07, 6.45) is 7.18. The third-order valence-electron chi connectivity index (χ3n) is 4.51. The Hall–Kier alpha value is -0.0800. The second-order valence-corrected chi connectivity index (χ2v) is 5.71. The van der Waals surface area contributed by atoms with E-state index in [0.717, 1.165) is 25.9 Å². The van der Waals surface area contributed by atoms with Gasteiger partial charge in [0.15, 0.2) is 0 Å². The van der Waals surface area contributed by atoms with Gasteiger partial charge in [-0.15, -0.1) is 0 Å². The van der Waals surface area contributed by atoms with Crippen LogP contribution in [-0.2, 0) is 0 Å². The largest absolute Gasteiger partial charge is 0.390 e. The van der Waals surface area contributed by atoms with E-state index in [2.05, 4.69) is 18.7 Å². The van der Waals surface area contributed by atoms with Crippen LogP contribution in [0.4, 0.5) is 0 Å². The van der Waals surface area contributed by atoms with Crippen molar-refractivity contribution >= 4 is 0 Å². The first-order valence-electron chi connectivity index (χ1n) is 6.58. The number of hydrogen-bond donors (Lipinski definition) is 1. The number of hydrogen-bond acceptors (Lipinski definition) is 2. The molecule has 88 valence electrons. The first kappa shape index (κ1) is 11.4. The number of nitrogens with zero attached hydrogens (tertiary/aromatic N) is 1. The first-order chi connectivity index (χ1) is 7.12. The third kappa shape index (κ3) is 2.36. The minimum absolute atomic E-state index is 0.318. The van der Waals surface area contributed by atoms with Crippen LogP contribution in [0.15, 0.2) is 0 Å². The van der Waals surface area contributed by atoms with E-state index in [4.69, 9.17) is 0 Å². The minimum atomic E-state index is -0.318. The van der Waals surface area contributed by atoms with Gasteiger partial charge >= 0.3 is 0 Å².